The Labute approximate surface area is 122 Å². The lowest BCUT2D eigenvalue weighted by Crippen LogP contribution is -2.03. The number of hydrogen-bond acceptors (Lipinski definition) is 5. The molecule has 0 radical (unpaired) electrons. The second-order valence-corrected chi connectivity index (χ2v) is 4.12. The van der Waals surface area contributed by atoms with Gasteiger partial charge in [-0.3, -0.25) is 4.79 Å². The molecule has 110 valence electrons. The van der Waals surface area contributed by atoms with Crippen LogP contribution in [0.2, 0.25) is 0 Å². The van der Waals surface area contributed by atoms with Gasteiger partial charge in [-0.05, 0) is 24.3 Å². The van der Waals surface area contributed by atoms with E-state index >= 15 is 0 Å². The molecular weight excluding hydrogens is 272 g/mol. The summed E-state index contributed by atoms with van der Waals surface area (Å²) in [6, 6.07) is 6.78. The highest BCUT2D eigenvalue weighted by Crippen LogP contribution is 2.34. The molecule has 0 fully saturated rings. The van der Waals surface area contributed by atoms with E-state index in [2.05, 4.69) is 0 Å². The van der Waals surface area contributed by atoms with Crippen molar-refractivity contribution in [2.24, 2.45) is 0 Å². The number of carbonyl (C=O) groups is 1. The molecule has 1 aromatic heterocycles. The van der Waals surface area contributed by atoms with Gasteiger partial charge in [0.15, 0.2) is 5.78 Å². The molecule has 0 saturated heterocycles. The average molecular weight is 288 g/mol. The first-order valence-corrected chi connectivity index (χ1v) is 6.25. The third-order valence-corrected chi connectivity index (χ3v) is 2.90. The van der Waals surface area contributed by atoms with Crippen molar-refractivity contribution in [3.63, 3.8) is 0 Å². The molecule has 5 nitrogen and oxygen atoms in total. The molecule has 21 heavy (non-hydrogen) atoms. The predicted molar refractivity (Wildman–Crippen MR) is 78.2 cm³/mol. The molecule has 1 heterocycles. The second-order valence-electron chi connectivity index (χ2n) is 4.12. The fraction of sp³-hybridized carbons (Fsp3) is 0.188. The number of methoxy groups -OCH3 is 3. The van der Waals surface area contributed by atoms with Crippen LogP contribution in [0.3, 0.4) is 0 Å². The summed E-state index contributed by atoms with van der Waals surface area (Å²) in [5.74, 6) is 1.67. The fourth-order valence-corrected chi connectivity index (χ4v) is 1.88. The number of allylic oxidation sites excluding steroid dienone is 1. The lowest BCUT2D eigenvalue weighted by molar-refractivity contribution is 0.104. The van der Waals surface area contributed by atoms with Crippen molar-refractivity contribution in [2.45, 2.75) is 0 Å². The van der Waals surface area contributed by atoms with Crippen LogP contribution in [0.25, 0.3) is 6.08 Å². The SMILES string of the molecule is COc1cc(OC)c(C(=O)/C=C/c2ccco2)c(OC)c1. The molecule has 2 rings (SSSR count). The van der Waals surface area contributed by atoms with E-state index in [1.165, 1.54) is 27.4 Å². The van der Waals surface area contributed by atoms with E-state index < -0.39 is 0 Å². The van der Waals surface area contributed by atoms with Crippen LogP contribution in [0, 0.1) is 0 Å². The normalized spacial score (nSPS) is 10.6. The molecule has 5 heteroatoms. The summed E-state index contributed by atoms with van der Waals surface area (Å²) in [6.07, 6.45) is 4.54. The van der Waals surface area contributed by atoms with Gasteiger partial charge in [0, 0.05) is 12.1 Å². The van der Waals surface area contributed by atoms with Gasteiger partial charge in [-0.15, -0.1) is 0 Å². The number of furan rings is 1. The summed E-state index contributed by atoms with van der Waals surface area (Å²) in [7, 11) is 4.51. The van der Waals surface area contributed by atoms with Gasteiger partial charge in [0.25, 0.3) is 0 Å². The first-order chi connectivity index (χ1) is 10.2. The molecule has 0 aliphatic rings. The molecule has 1 aromatic carbocycles. The molecule has 0 N–H and O–H groups in total. The Morgan fingerprint density at radius 3 is 2.24 bits per heavy atom. The van der Waals surface area contributed by atoms with Crippen molar-refractivity contribution in [2.75, 3.05) is 21.3 Å². The number of hydrogen-bond donors (Lipinski definition) is 0. The summed E-state index contributed by atoms with van der Waals surface area (Å²) in [6.45, 7) is 0. The first-order valence-electron chi connectivity index (χ1n) is 6.25. The van der Waals surface area contributed by atoms with Crippen LogP contribution >= 0.6 is 0 Å². The zero-order valence-corrected chi connectivity index (χ0v) is 12.1. The van der Waals surface area contributed by atoms with E-state index in [0.29, 0.717) is 28.6 Å². The first kappa shape index (κ1) is 14.7. The highest BCUT2D eigenvalue weighted by molar-refractivity contribution is 6.10. The number of ketones is 1. The van der Waals surface area contributed by atoms with Gasteiger partial charge in [-0.1, -0.05) is 0 Å². The molecule has 2 aromatic rings. The molecule has 0 aliphatic heterocycles. The molecule has 0 aliphatic carbocycles. The average Bonchev–Trinajstić information content (AvgIpc) is 3.04. The van der Waals surface area contributed by atoms with E-state index in [4.69, 9.17) is 18.6 Å². The van der Waals surface area contributed by atoms with Crippen molar-refractivity contribution < 1.29 is 23.4 Å². The monoisotopic (exact) mass is 288 g/mol. The maximum absolute atomic E-state index is 12.4. The highest BCUT2D eigenvalue weighted by Gasteiger charge is 2.18. The Bertz CT molecular complexity index is 616. The van der Waals surface area contributed by atoms with Crippen molar-refractivity contribution in [3.05, 3.63) is 47.9 Å². The van der Waals surface area contributed by atoms with Crippen molar-refractivity contribution in [1.29, 1.82) is 0 Å². The van der Waals surface area contributed by atoms with Gasteiger partial charge in [0.1, 0.15) is 28.6 Å². The van der Waals surface area contributed by atoms with Crippen molar-refractivity contribution in [1.82, 2.24) is 0 Å². The summed E-state index contributed by atoms with van der Waals surface area (Å²) < 4.78 is 20.8. The number of ether oxygens (including phenoxy) is 3. The van der Waals surface area contributed by atoms with Crippen LogP contribution < -0.4 is 14.2 Å². The predicted octanol–water partition coefficient (Wildman–Crippen LogP) is 3.20. The van der Waals surface area contributed by atoms with Crippen molar-refractivity contribution in [3.8, 4) is 17.2 Å². The lowest BCUT2D eigenvalue weighted by atomic mass is 10.1. The van der Waals surface area contributed by atoms with Crippen LogP contribution in [0.15, 0.2) is 41.0 Å². The molecule has 0 bridgehead atoms. The lowest BCUT2D eigenvalue weighted by Gasteiger charge is -2.12. The van der Waals surface area contributed by atoms with E-state index in [1.807, 2.05) is 0 Å². The van der Waals surface area contributed by atoms with E-state index in [9.17, 15) is 4.79 Å². The maximum Gasteiger partial charge on any atom is 0.193 e. The molecule has 0 unspecified atom stereocenters. The number of benzene rings is 1. The standard InChI is InChI=1S/C16H16O5/c1-18-12-9-14(19-2)16(15(10-12)20-3)13(17)7-6-11-5-4-8-21-11/h4-10H,1-3H3/b7-6+. The van der Waals surface area contributed by atoms with E-state index in [-0.39, 0.29) is 5.78 Å². The topological polar surface area (TPSA) is 57.9 Å². The Morgan fingerprint density at radius 2 is 1.76 bits per heavy atom. The highest BCUT2D eigenvalue weighted by atomic mass is 16.5. The zero-order valence-electron chi connectivity index (χ0n) is 12.1. The van der Waals surface area contributed by atoms with Gasteiger partial charge >= 0.3 is 0 Å². The molecule has 0 atom stereocenters. The van der Waals surface area contributed by atoms with Crippen LogP contribution in [0.5, 0.6) is 17.2 Å². The third kappa shape index (κ3) is 3.25. The minimum absolute atomic E-state index is 0.247. The molecule has 0 spiro atoms. The summed E-state index contributed by atoms with van der Waals surface area (Å²) in [4.78, 5) is 12.4. The Kier molecular flexibility index (Phi) is 4.66. The Morgan fingerprint density at radius 1 is 1.10 bits per heavy atom. The molecule has 0 amide bonds. The molecular formula is C16H16O5. The Hall–Kier alpha value is -2.69. The maximum atomic E-state index is 12.4. The summed E-state index contributed by atoms with van der Waals surface area (Å²) >= 11 is 0. The number of carbonyl (C=O) groups excluding carboxylic acids is 1. The second kappa shape index (κ2) is 6.65. The minimum Gasteiger partial charge on any atom is -0.496 e. The molecule has 0 saturated carbocycles. The minimum atomic E-state index is -0.247. The van der Waals surface area contributed by atoms with Crippen molar-refractivity contribution >= 4 is 11.9 Å². The van der Waals surface area contributed by atoms with Crippen LogP contribution in [0.4, 0.5) is 0 Å². The Balaban J connectivity index is 2.39. The van der Waals surface area contributed by atoms with Gasteiger partial charge in [0.05, 0.1) is 27.6 Å². The third-order valence-electron chi connectivity index (χ3n) is 2.90. The summed E-state index contributed by atoms with van der Waals surface area (Å²) in [5, 5.41) is 0. The van der Waals surface area contributed by atoms with Crippen LogP contribution in [-0.2, 0) is 0 Å². The smallest absolute Gasteiger partial charge is 0.193 e. The number of rotatable bonds is 6. The fourth-order valence-electron chi connectivity index (χ4n) is 1.88. The van der Waals surface area contributed by atoms with Gasteiger partial charge in [-0.25, -0.2) is 0 Å². The van der Waals surface area contributed by atoms with Gasteiger partial charge in [-0.2, -0.15) is 0 Å². The zero-order chi connectivity index (χ0) is 15.2. The van der Waals surface area contributed by atoms with E-state index in [0.717, 1.165) is 0 Å². The van der Waals surface area contributed by atoms with Crippen LogP contribution in [-0.4, -0.2) is 27.1 Å². The van der Waals surface area contributed by atoms with Crippen LogP contribution in [0.1, 0.15) is 16.1 Å². The van der Waals surface area contributed by atoms with E-state index in [1.54, 1.807) is 36.6 Å². The summed E-state index contributed by atoms with van der Waals surface area (Å²) in [5.41, 5.74) is 0.337. The largest absolute Gasteiger partial charge is 0.496 e. The van der Waals surface area contributed by atoms with Gasteiger partial charge < -0.3 is 18.6 Å². The van der Waals surface area contributed by atoms with Gasteiger partial charge in [0.2, 0.25) is 0 Å². The quantitative estimate of drug-likeness (QED) is 0.603.